The molecular formula is C34H28N4OPS+. The molecule has 5 nitrogen and oxygen atoms in total. The van der Waals surface area contributed by atoms with Gasteiger partial charge in [-0.25, -0.2) is 0 Å². The Bertz CT molecular complexity index is 1600. The Kier molecular flexibility index (Phi) is 7.94. The maximum Gasteiger partial charge on any atom is 0.254 e. The van der Waals surface area contributed by atoms with Crippen molar-refractivity contribution in [3.05, 3.63) is 162 Å². The smallest absolute Gasteiger partial charge is 0.254 e. The van der Waals surface area contributed by atoms with Gasteiger partial charge in [-0.15, -0.1) is 10.2 Å². The molecule has 2 N–H and O–H groups in total. The van der Waals surface area contributed by atoms with Crippen LogP contribution >= 0.6 is 18.6 Å². The van der Waals surface area contributed by atoms with E-state index in [2.05, 4.69) is 88.5 Å². The average molecular weight is 572 g/mol. The van der Waals surface area contributed by atoms with Gasteiger partial charge in [0.25, 0.3) is 5.91 Å². The number of carbonyl (C=O) groups excluding carboxylic acids is 1. The van der Waals surface area contributed by atoms with Gasteiger partial charge in [-0.3, -0.25) is 4.79 Å². The van der Waals surface area contributed by atoms with Crippen LogP contribution < -0.4 is 26.5 Å². The summed E-state index contributed by atoms with van der Waals surface area (Å²) < 4.78 is 0. The fraction of sp³-hybridized carbons (Fsp3) is 0.0294. The Labute approximate surface area is 244 Å². The Morgan fingerprint density at radius 1 is 0.585 bits per heavy atom. The summed E-state index contributed by atoms with van der Waals surface area (Å²) in [7, 11) is -2.58. The molecule has 6 aromatic rings. The number of para-hydroxylation sites is 1. The average Bonchev–Trinajstić information content (AvgIpc) is 3.51. The van der Waals surface area contributed by atoms with Gasteiger partial charge in [-0.05, 0) is 60.7 Å². The zero-order chi connectivity index (χ0) is 27.9. The molecule has 200 valence electrons. The van der Waals surface area contributed by atoms with Crippen LogP contribution in [0.5, 0.6) is 0 Å². The second-order valence-corrected chi connectivity index (χ2v) is 13.9. The third-order valence-corrected chi connectivity index (χ3v) is 12.4. The van der Waals surface area contributed by atoms with E-state index in [0.717, 1.165) is 26.6 Å². The minimum Gasteiger partial charge on any atom is -0.330 e. The van der Waals surface area contributed by atoms with E-state index in [1.807, 2.05) is 78.9 Å². The number of hydrogen-bond donors (Lipinski definition) is 2. The Morgan fingerprint density at radius 2 is 1.02 bits per heavy atom. The molecule has 6 rings (SSSR count). The van der Waals surface area contributed by atoms with Crippen molar-refractivity contribution in [2.45, 2.75) is 5.78 Å². The second kappa shape index (κ2) is 12.3. The summed E-state index contributed by atoms with van der Waals surface area (Å²) in [5.41, 5.74) is 1.52. The number of nitrogens with one attached hydrogen (secondary N) is 2. The lowest BCUT2D eigenvalue weighted by atomic mass is 10.2. The van der Waals surface area contributed by atoms with E-state index in [1.165, 1.54) is 11.3 Å². The number of nitrogens with zero attached hydrogens (tertiary/aromatic N) is 2. The van der Waals surface area contributed by atoms with Gasteiger partial charge in [0.15, 0.2) is 5.01 Å². The van der Waals surface area contributed by atoms with Crippen LogP contribution in [0.1, 0.15) is 21.1 Å². The normalized spacial score (nSPS) is 11.9. The van der Waals surface area contributed by atoms with Gasteiger partial charge < -0.3 is 10.6 Å². The van der Waals surface area contributed by atoms with Crippen molar-refractivity contribution >= 4 is 51.2 Å². The summed E-state index contributed by atoms with van der Waals surface area (Å²) >= 11 is 1.46. The molecule has 0 fully saturated rings. The van der Waals surface area contributed by atoms with Crippen LogP contribution in [0.2, 0.25) is 0 Å². The number of rotatable bonds is 9. The van der Waals surface area contributed by atoms with Crippen molar-refractivity contribution in [2.24, 2.45) is 0 Å². The van der Waals surface area contributed by atoms with Crippen LogP contribution in [-0.4, -0.2) is 16.1 Å². The molecule has 0 aliphatic heterocycles. The number of hydrogen-bond acceptors (Lipinski definition) is 5. The minimum atomic E-state index is -2.58. The topological polar surface area (TPSA) is 66.9 Å². The summed E-state index contributed by atoms with van der Waals surface area (Å²) in [5.74, 6) is -0.637. The molecule has 0 aliphatic carbocycles. The molecule has 0 saturated carbocycles. The number of benzene rings is 5. The highest BCUT2D eigenvalue weighted by Crippen LogP contribution is 2.66. The maximum atomic E-state index is 13.9. The molecule has 0 aliphatic rings. The number of amides is 1. The van der Waals surface area contributed by atoms with Crippen molar-refractivity contribution in [3.8, 4) is 0 Å². The summed E-state index contributed by atoms with van der Waals surface area (Å²) in [5, 5.41) is 20.9. The lowest BCUT2D eigenvalue weighted by Crippen LogP contribution is -2.42. The first-order chi connectivity index (χ1) is 20.2. The second-order valence-electron chi connectivity index (χ2n) is 9.41. The Hall–Kier alpha value is -4.64. The van der Waals surface area contributed by atoms with Crippen molar-refractivity contribution in [3.63, 3.8) is 0 Å². The first-order valence-corrected chi connectivity index (χ1v) is 16.0. The molecule has 1 aromatic heterocycles. The zero-order valence-electron chi connectivity index (χ0n) is 22.2. The molecule has 0 spiro atoms. The monoisotopic (exact) mass is 571 g/mol. The molecular weight excluding hydrogens is 543 g/mol. The van der Waals surface area contributed by atoms with E-state index in [4.69, 9.17) is 5.10 Å². The van der Waals surface area contributed by atoms with Gasteiger partial charge in [-0.2, -0.15) is 0 Å². The predicted octanol–water partition coefficient (Wildman–Crippen LogP) is 6.70. The highest BCUT2D eigenvalue weighted by Gasteiger charge is 2.55. The molecule has 7 heteroatoms. The lowest BCUT2D eigenvalue weighted by molar-refractivity contribution is 0.0948. The standard InChI is InChI=1S/C34H27N4OPS/c39-31(26-16-6-1-7-17-26)36-32(33-37-38-34(41-33)35-27-18-8-2-9-19-27)40(28-20-10-3-11-21-28,29-22-12-4-13-23-29)30-24-14-5-15-25-30/h1-25,32H,(H-,35,36,38,39)/p+1. The summed E-state index contributed by atoms with van der Waals surface area (Å²) in [6.45, 7) is 0. The van der Waals surface area contributed by atoms with Gasteiger partial charge in [0.2, 0.25) is 10.9 Å². The molecule has 41 heavy (non-hydrogen) atoms. The van der Waals surface area contributed by atoms with Crippen molar-refractivity contribution in [2.75, 3.05) is 5.32 Å². The summed E-state index contributed by atoms with van der Waals surface area (Å²) in [6.07, 6.45) is 0. The highest BCUT2D eigenvalue weighted by atomic mass is 32.1. The van der Waals surface area contributed by atoms with Crippen LogP contribution in [0.15, 0.2) is 152 Å². The van der Waals surface area contributed by atoms with E-state index in [1.54, 1.807) is 0 Å². The summed E-state index contributed by atoms with van der Waals surface area (Å²) in [4.78, 5) is 13.9. The van der Waals surface area contributed by atoms with Gasteiger partial charge in [0.05, 0.1) is 0 Å². The van der Waals surface area contributed by atoms with Crippen molar-refractivity contribution in [1.82, 2.24) is 15.5 Å². The quantitative estimate of drug-likeness (QED) is 0.190. The fourth-order valence-electron chi connectivity index (χ4n) is 5.05. The molecule has 0 bridgehead atoms. The van der Waals surface area contributed by atoms with Gasteiger partial charge >= 0.3 is 0 Å². The fourth-order valence-corrected chi connectivity index (χ4v) is 10.8. The molecule has 1 unspecified atom stereocenters. The van der Waals surface area contributed by atoms with Gasteiger partial charge in [-0.1, -0.05) is 102 Å². The largest absolute Gasteiger partial charge is 0.330 e. The molecule has 1 amide bonds. The third-order valence-electron chi connectivity index (χ3n) is 6.88. The first-order valence-electron chi connectivity index (χ1n) is 13.3. The van der Waals surface area contributed by atoms with Crippen molar-refractivity contribution < 1.29 is 4.79 Å². The van der Waals surface area contributed by atoms with E-state index in [-0.39, 0.29) is 5.91 Å². The molecule has 1 heterocycles. The number of aromatic nitrogens is 2. The SMILES string of the molecule is O=C(NC(c1nnc(Nc2ccccc2)s1)[P+](c1ccccc1)(c1ccccc1)c1ccccc1)c1ccccc1. The van der Waals surface area contributed by atoms with E-state index in [9.17, 15) is 4.79 Å². The Morgan fingerprint density at radius 3 is 1.51 bits per heavy atom. The third kappa shape index (κ3) is 5.53. The van der Waals surface area contributed by atoms with Crippen molar-refractivity contribution in [1.29, 1.82) is 0 Å². The van der Waals surface area contributed by atoms with Gasteiger partial charge in [0, 0.05) is 11.3 Å². The minimum absolute atomic E-state index is 0.157. The van der Waals surface area contributed by atoms with Crippen LogP contribution in [-0.2, 0) is 0 Å². The Balaban J connectivity index is 1.58. The number of anilines is 2. The van der Waals surface area contributed by atoms with Gasteiger partial charge in [0.1, 0.15) is 23.2 Å². The molecule has 0 saturated heterocycles. The number of carbonyl (C=O) groups is 1. The zero-order valence-corrected chi connectivity index (χ0v) is 23.9. The molecule has 1 atom stereocenters. The highest BCUT2D eigenvalue weighted by molar-refractivity contribution is 7.96. The van der Waals surface area contributed by atoms with Crippen LogP contribution in [0, 0.1) is 0 Å². The molecule has 5 aromatic carbocycles. The maximum absolute atomic E-state index is 13.9. The first kappa shape index (κ1) is 26.6. The van der Waals surface area contributed by atoms with E-state index >= 15 is 0 Å². The van der Waals surface area contributed by atoms with E-state index in [0.29, 0.717) is 10.7 Å². The predicted molar refractivity (Wildman–Crippen MR) is 171 cm³/mol. The van der Waals surface area contributed by atoms with Crippen LogP contribution in [0.3, 0.4) is 0 Å². The summed E-state index contributed by atoms with van der Waals surface area (Å²) in [6, 6.07) is 50.7. The van der Waals surface area contributed by atoms with Crippen LogP contribution in [0.4, 0.5) is 10.8 Å². The van der Waals surface area contributed by atoms with Crippen LogP contribution in [0.25, 0.3) is 0 Å². The van der Waals surface area contributed by atoms with E-state index < -0.39 is 13.0 Å². The molecule has 0 radical (unpaired) electrons. The lowest BCUT2D eigenvalue weighted by Gasteiger charge is -2.33.